The first-order valence-electron chi connectivity index (χ1n) is 15.8. The van der Waals surface area contributed by atoms with Crippen molar-refractivity contribution in [3.05, 3.63) is 70.8 Å². The van der Waals surface area contributed by atoms with Gasteiger partial charge in [0, 0.05) is 5.41 Å². The fraction of sp³-hybridized carbons (Fsp3) is 0.568. The van der Waals surface area contributed by atoms with E-state index in [1.54, 1.807) is 16.5 Å². The zero-order valence-corrected chi connectivity index (χ0v) is 24.4. The number of rotatable bonds is 16. The summed E-state index contributed by atoms with van der Waals surface area (Å²) in [5.41, 5.74) is 9.17. The molecule has 0 bridgehead atoms. The lowest BCUT2D eigenvalue weighted by Gasteiger charge is -2.42. The lowest BCUT2D eigenvalue weighted by atomic mass is 9.61. The van der Waals surface area contributed by atoms with Crippen LogP contribution in [0.15, 0.2) is 48.5 Å². The Morgan fingerprint density at radius 2 is 1.11 bits per heavy atom. The minimum absolute atomic E-state index is 0.147. The van der Waals surface area contributed by atoms with E-state index < -0.39 is 0 Å². The van der Waals surface area contributed by atoms with E-state index in [1.165, 1.54) is 130 Å². The number of fused-ring (bicyclic) bond motifs is 2. The van der Waals surface area contributed by atoms with Crippen LogP contribution in [0.1, 0.15) is 139 Å². The summed E-state index contributed by atoms with van der Waals surface area (Å²) < 4.78 is 0. The lowest BCUT2D eigenvalue weighted by molar-refractivity contribution is 0.391. The topological polar surface area (TPSA) is 0 Å². The fourth-order valence-corrected chi connectivity index (χ4v) is 7.04. The van der Waals surface area contributed by atoms with Crippen LogP contribution in [0.5, 0.6) is 0 Å². The van der Waals surface area contributed by atoms with Crippen molar-refractivity contribution in [2.75, 3.05) is 0 Å². The van der Waals surface area contributed by atoms with Crippen LogP contribution in [-0.4, -0.2) is 0 Å². The van der Waals surface area contributed by atoms with Crippen LogP contribution in [0.2, 0.25) is 0 Å². The summed E-state index contributed by atoms with van der Waals surface area (Å²) in [5.74, 6) is 0. The van der Waals surface area contributed by atoms with Crippen LogP contribution in [0.4, 0.5) is 0 Å². The molecule has 0 spiro atoms. The molecule has 0 atom stereocenters. The molecule has 0 nitrogen and oxygen atoms in total. The molecule has 0 N–H and O–H groups in total. The number of benzene rings is 3. The van der Waals surface area contributed by atoms with Gasteiger partial charge in [0.05, 0.1) is 0 Å². The summed E-state index contributed by atoms with van der Waals surface area (Å²) in [7, 11) is 0. The summed E-state index contributed by atoms with van der Waals surface area (Å²) >= 11 is 0. The molecule has 1 aliphatic rings. The maximum Gasteiger partial charge on any atom is 0.0215 e. The second kappa shape index (κ2) is 13.6. The van der Waals surface area contributed by atoms with E-state index in [0.717, 1.165) is 0 Å². The molecule has 0 radical (unpaired) electrons. The lowest BCUT2D eigenvalue weighted by Crippen LogP contribution is -2.31. The van der Waals surface area contributed by atoms with Gasteiger partial charge in [-0.1, -0.05) is 158 Å². The predicted octanol–water partition coefficient (Wildman–Crippen LogP) is 12.0. The van der Waals surface area contributed by atoms with Crippen LogP contribution in [0.3, 0.4) is 0 Å². The molecule has 4 rings (SSSR count). The van der Waals surface area contributed by atoms with E-state index in [0.29, 0.717) is 0 Å². The Morgan fingerprint density at radius 3 is 1.73 bits per heavy atom. The van der Waals surface area contributed by atoms with Crippen molar-refractivity contribution >= 4 is 10.8 Å². The molecule has 0 aromatic heterocycles. The van der Waals surface area contributed by atoms with Crippen LogP contribution < -0.4 is 0 Å². The Hall–Kier alpha value is -2.08. The highest BCUT2D eigenvalue weighted by Gasteiger charge is 2.40. The van der Waals surface area contributed by atoms with Gasteiger partial charge in [0.2, 0.25) is 0 Å². The molecule has 0 heteroatoms. The van der Waals surface area contributed by atoms with Crippen LogP contribution in [0, 0.1) is 13.8 Å². The Bertz CT molecular complexity index is 1120. The third kappa shape index (κ3) is 6.32. The fourth-order valence-electron chi connectivity index (χ4n) is 7.04. The Balaban J connectivity index is 1.68. The van der Waals surface area contributed by atoms with Gasteiger partial charge in [-0.2, -0.15) is 0 Å². The highest BCUT2D eigenvalue weighted by molar-refractivity contribution is 6.04. The molecule has 0 unspecified atom stereocenters. The van der Waals surface area contributed by atoms with Crippen molar-refractivity contribution in [2.24, 2.45) is 0 Å². The predicted molar refractivity (Wildman–Crippen MR) is 165 cm³/mol. The summed E-state index contributed by atoms with van der Waals surface area (Å²) in [6, 6.07) is 19.3. The number of unbranched alkanes of at least 4 members (excludes halogenated alkanes) is 12. The average molecular weight is 497 g/mol. The molecule has 3 aromatic carbocycles. The molecule has 37 heavy (non-hydrogen) atoms. The molecule has 0 saturated heterocycles. The minimum Gasteiger partial charge on any atom is -0.0654 e. The summed E-state index contributed by atoms with van der Waals surface area (Å²) in [4.78, 5) is 0. The largest absolute Gasteiger partial charge is 0.0654 e. The van der Waals surface area contributed by atoms with Gasteiger partial charge >= 0.3 is 0 Å². The van der Waals surface area contributed by atoms with E-state index >= 15 is 0 Å². The zero-order valence-electron chi connectivity index (χ0n) is 24.4. The third-order valence-electron chi connectivity index (χ3n) is 9.17. The third-order valence-corrected chi connectivity index (χ3v) is 9.17. The smallest absolute Gasteiger partial charge is 0.0215 e. The molecule has 0 heterocycles. The molecule has 0 saturated carbocycles. The Kier molecular flexibility index (Phi) is 10.3. The molecule has 1 aliphatic carbocycles. The van der Waals surface area contributed by atoms with Crippen molar-refractivity contribution in [1.82, 2.24) is 0 Å². The summed E-state index contributed by atoms with van der Waals surface area (Å²) in [6.45, 7) is 9.21. The molecule has 0 fully saturated rings. The molecule has 3 aromatic rings. The first-order valence-corrected chi connectivity index (χ1v) is 15.8. The minimum atomic E-state index is 0.147. The highest BCUT2D eigenvalue weighted by Crippen LogP contribution is 2.54. The summed E-state index contributed by atoms with van der Waals surface area (Å²) in [6.07, 6.45) is 21.9. The normalized spacial score (nSPS) is 13.7. The van der Waals surface area contributed by atoms with Crippen molar-refractivity contribution in [3.63, 3.8) is 0 Å². The van der Waals surface area contributed by atoms with Gasteiger partial charge in [0.1, 0.15) is 0 Å². The SMILES string of the molecule is CCCCCCCCCC1(CCCCCCCCC)c2cc(C)ccc2-c2ccc(C)c3cccc1c23. The first kappa shape index (κ1) is 27.9. The molecule has 0 aliphatic heterocycles. The number of aryl methyl sites for hydroxylation is 2. The number of hydrogen-bond donors (Lipinski definition) is 0. The Labute approximate surface area is 228 Å². The van der Waals surface area contributed by atoms with Gasteiger partial charge in [-0.3, -0.25) is 0 Å². The summed E-state index contributed by atoms with van der Waals surface area (Å²) in [5, 5.41) is 3.01. The van der Waals surface area contributed by atoms with E-state index in [4.69, 9.17) is 0 Å². The van der Waals surface area contributed by atoms with E-state index in [2.05, 4.69) is 76.2 Å². The van der Waals surface area contributed by atoms with Crippen molar-refractivity contribution < 1.29 is 0 Å². The molecular formula is C37H52. The van der Waals surface area contributed by atoms with Crippen molar-refractivity contribution in [1.29, 1.82) is 0 Å². The number of hydrogen-bond acceptors (Lipinski definition) is 0. The van der Waals surface area contributed by atoms with Gasteiger partial charge in [-0.05, 0) is 65.3 Å². The second-order valence-corrected chi connectivity index (χ2v) is 12.0. The first-order chi connectivity index (χ1) is 18.1. The molecule has 200 valence electrons. The maximum absolute atomic E-state index is 2.56. The van der Waals surface area contributed by atoms with Gasteiger partial charge in [0.25, 0.3) is 0 Å². The van der Waals surface area contributed by atoms with Gasteiger partial charge in [-0.25, -0.2) is 0 Å². The standard InChI is InChI=1S/C37H52/c1-5-7-9-11-13-15-17-26-37(27-18-16-14-12-10-8-6-2)34-21-19-20-31-30(4)23-25-33(36(31)34)32-24-22-29(3)28-35(32)37/h19-25,28H,5-18,26-27H2,1-4H3. The van der Waals surface area contributed by atoms with Crippen LogP contribution in [0.25, 0.3) is 21.9 Å². The highest BCUT2D eigenvalue weighted by atomic mass is 14.4. The van der Waals surface area contributed by atoms with Crippen LogP contribution in [-0.2, 0) is 5.41 Å². The maximum atomic E-state index is 2.56. The Morgan fingerprint density at radius 1 is 0.541 bits per heavy atom. The van der Waals surface area contributed by atoms with E-state index in [1.807, 2.05) is 0 Å². The monoisotopic (exact) mass is 496 g/mol. The molecular weight excluding hydrogens is 444 g/mol. The molecule has 0 amide bonds. The van der Waals surface area contributed by atoms with Crippen molar-refractivity contribution in [3.8, 4) is 11.1 Å². The second-order valence-electron chi connectivity index (χ2n) is 12.0. The average Bonchev–Trinajstić information content (AvgIpc) is 2.91. The quantitative estimate of drug-likeness (QED) is 0.173. The zero-order chi connectivity index (χ0) is 26.1. The van der Waals surface area contributed by atoms with E-state index in [-0.39, 0.29) is 5.41 Å². The van der Waals surface area contributed by atoms with E-state index in [9.17, 15) is 0 Å². The van der Waals surface area contributed by atoms with Gasteiger partial charge < -0.3 is 0 Å². The van der Waals surface area contributed by atoms with Crippen LogP contribution >= 0.6 is 0 Å². The van der Waals surface area contributed by atoms with Crippen molar-refractivity contribution in [2.45, 2.75) is 136 Å². The van der Waals surface area contributed by atoms with Gasteiger partial charge in [0.15, 0.2) is 0 Å². The van der Waals surface area contributed by atoms with Gasteiger partial charge in [-0.15, -0.1) is 0 Å².